The quantitative estimate of drug-likeness (QED) is 0.943. The van der Waals surface area contributed by atoms with Gasteiger partial charge >= 0.3 is 6.03 Å². The fourth-order valence-corrected chi connectivity index (χ4v) is 2.43. The maximum atomic E-state index is 11.8. The number of oxazole rings is 1. The highest BCUT2D eigenvalue weighted by Crippen LogP contribution is 2.26. The zero-order chi connectivity index (χ0) is 15.7. The van der Waals surface area contributed by atoms with Gasteiger partial charge < -0.3 is 9.73 Å². The Balaban J connectivity index is 1.84. The molecule has 0 atom stereocenters. The van der Waals surface area contributed by atoms with E-state index in [1.54, 1.807) is 12.1 Å². The third-order valence-electron chi connectivity index (χ3n) is 3.40. The van der Waals surface area contributed by atoms with Gasteiger partial charge in [0.2, 0.25) is 11.8 Å². The van der Waals surface area contributed by atoms with Gasteiger partial charge in [0.25, 0.3) is 0 Å². The van der Waals surface area contributed by atoms with Crippen molar-refractivity contribution >= 4 is 23.5 Å². The summed E-state index contributed by atoms with van der Waals surface area (Å²) < 4.78 is 5.71. The lowest BCUT2D eigenvalue weighted by molar-refractivity contribution is -0.129. The number of halogens is 1. The van der Waals surface area contributed by atoms with Gasteiger partial charge in [0.05, 0.1) is 5.69 Å². The molecule has 0 bridgehead atoms. The van der Waals surface area contributed by atoms with Crippen LogP contribution in [0.5, 0.6) is 0 Å². The van der Waals surface area contributed by atoms with Crippen molar-refractivity contribution in [2.24, 2.45) is 0 Å². The maximum Gasteiger partial charge on any atom is 0.324 e. The topological polar surface area (TPSA) is 75.4 Å². The molecule has 2 aromatic rings. The molecule has 1 aromatic carbocycles. The molecule has 2 heterocycles. The Labute approximate surface area is 132 Å². The first-order valence-corrected chi connectivity index (χ1v) is 7.23. The first kappa shape index (κ1) is 14.6. The number of carbonyl (C=O) groups excluding carboxylic acids is 2. The Bertz CT molecular complexity index is 708. The summed E-state index contributed by atoms with van der Waals surface area (Å²) in [6, 6.07) is 6.77. The van der Waals surface area contributed by atoms with Crippen molar-refractivity contribution < 1.29 is 14.0 Å². The van der Waals surface area contributed by atoms with E-state index in [1.807, 2.05) is 19.1 Å². The van der Waals surface area contributed by atoms with Crippen LogP contribution in [0.15, 0.2) is 28.7 Å². The van der Waals surface area contributed by atoms with Gasteiger partial charge in [0.1, 0.15) is 6.54 Å². The number of benzene rings is 1. The third-order valence-corrected chi connectivity index (χ3v) is 3.65. The Morgan fingerprint density at radius 2 is 2.05 bits per heavy atom. The van der Waals surface area contributed by atoms with E-state index in [9.17, 15) is 9.59 Å². The molecule has 1 aliphatic rings. The minimum absolute atomic E-state index is 0.0269. The molecule has 3 rings (SSSR count). The van der Waals surface area contributed by atoms with Gasteiger partial charge in [-0.25, -0.2) is 9.78 Å². The highest BCUT2D eigenvalue weighted by atomic mass is 35.5. The Morgan fingerprint density at radius 1 is 1.32 bits per heavy atom. The van der Waals surface area contributed by atoms with Crippen LogP contribution < -0.4 is 5.32 Å². The van der Waals surface area contributed by atoms with Crippen molar-refractivity contribution in [3.05, 3.63) is 40.9 Å². The zero-order valence-corrected chi connectivity index (χ0v) is 12.7. The molecule has 3 amide bonds. The van der Waals surface area contributed by atoms with E-state index in [2.05, 4.69) is 10.3 Å². The number of hydrogen-bond donors (Lipinski definition) is 1. The van der Waals surface area contributed by atoms with Crippen molar-refractivity contribution in [3.63, 3.8) is 0 Å². The van der Waals surface area contributed by atoms with Crippen LogP contribution in [-0.4, -0.2) is 28.4 Å². The van der Waals surface area contributed by atoms with Gasteiger partial charge in [-0.2, -0.15) is 0 Å². The molecule has 0 aliphatic carbocycles. The average Bonchev–Trinajstić information content (AvgIpc) is 2.85. The van der Waals surface area contributed by atoms with Crippen LogP contribution in [0.25, 0.3) is 11.3 Å². The van der Waals surface area contributed by atoms with E-state index in [0.717, 1.165) is 10.5 Å². The molecule has 1 N–H and O–H groups in total. The molecular formula is C15H14ClN3O3. The van der Waals surface area contributed by atoms with Gasteiger partial charge in [-0.3, -0.25) is 9.69 Å². The third kappa shape index (κ3) is 2.82. The second-order valence-electron chi connectivity index (χ2n) is 4.99. The number of nitrogens with one attached hydrogen (secondary N) is 1. The summed E-state index contributed by atoms with van der Waals surface area (Å²) in [7, 11) is 0. The first-order valence-electron chi connectivity index (χ1n) is 6.85. The molecule has 0 spiro atoms. The fraction of sp³-hybridized carbons (Fsp3) is 0.267. The molecule has 1 saturated heterocycles. The first-order chi connectivity index (χ1) is 10.5. The van der Waals surface area contributed by atoms with E-state index in [1.165, 1.54) is 0 Å². The summed E-state index contributed by atoms with van der Waals surface area (Å²) in [5.41, 5.74) is 1.54. The summed E-state index contributed by atoms with van der Waals surface area (Å²) in [6.45, 7) is 2.21. The van der Waals surface area contributed by atoms with E-state index < -0.39 is 6.03 Å². The smallest absolute Gasteiger partial charge is 0.324 e. The number of rotatable bonds is 3. The zero-order valence-electron chi connectivity index (χ0n) is 11.9. The second-order valence-corrected chi connectivity index (χ2v) is 5.43. The molecule has 22 heavy (non-hydrogen) atoms. The highest BCUT2D eigenvalue weighted by molar-refractivity contribution is 6.30. The number of aromatic nitrogens is 1. The van der Waals surface area contributed by atoms with Crippen molar-refractivity contribution in [1.82, 2.24) is 15.2 Å². The minimum atomic E-state index is -0.417. The standard InChI is InChI=1S/C15H14ClN3O3/c1-9-14(10-2-4-11(16)5-3-10)22-12(18-9)8-19-13(20)6-7-17-15(19)21/h2-5H,6-8H2,1H3,(H,17,21). The number of nitrogens with zero attached hydrogens (tertiary/aromatic N) is 2. The maximum absolute atomic E-state index is 11.8. The Hall–Kier alpha value is -2.34. The number of hydrogen-bond acceptors (Lipinski definition) is 4. The molecule has 1 fully saturated rings. The van der Waals surface area contributed by atoms with Crippen LogP contribution >= 0.6 is 11.6 Å². The van der Waals surface area contributed by atoms with E-state index in [-0.39, 0.29) is 18.9 Å². The van der Waals surface area contributed by atoms with Crippen LogP contribution in [0.4, 0.5) is 4.79 Å². The number of amides is 3. The molecule has 0 radical (unpaired) electrons. The number of imide groups is 1. The van der Waals surface area contributed by atoms with Crippen LogP contribution in [-0.2, 0) is 11.3 Å². The van der Waals surface area contributed by atoms with Crippen LogP contribution in [0.3, 0.4) is 0 Å². The Kier molecular flexibility index (Phi) is 3.85. The van der Waals surface area contributed by atoms with Crippen molar-refractivity contribution in [2.45, 2.75) is 19.9 Å². The molecule has 6 nitrogen and oxygen atoms in total. The van der Waals surface area contributed by atoms with E-state index in [0.29, 0.717) is 28.9 Å². The van der Waals surface area contributed by atoms with Crippen LogP contribution in [0.2, 0.25) is 5.02 Å². The SMILES string of the molecule is Cc1nc(CN2C(=O)CCNC2=O)oc1-c1ccc(Cl)cc1. The largest absolute Gasteiger partial charge is 0.438 e. The predicted molar refractivity (Wildman–Crippen MR) is 80.3 cm³/mol. The minimum Gasteiger partial charge on any atom is -0.438 e. The summed E-state index contributed by atoms with van der Waals surface area (Å²) in [6.07, 6.45) is 0.287. The van der Waals surface area contributed by atoms with E-state index in [4.69, 9.17) is 16.0 Å². The lowest BCUT2D eigenvalue weighted by Gasteiger charge is -2.24. The van der Waals surface area contributed by atoms with Gasteiger partial charge in [0, 0.05) is 23.6 Å². The molecule has 114 valence electrons. The van der Waals surface area contributed by atoms with Gasteiger partial charge in [0.15, 0.2) is 5.76 Å². The molecule has 0 unspecified atom stereocenters. The van der Waals surface area contributed by atoms with Gasteiger partial charge in [-0.1, -0.05) is 11.6 Å². The van der Waals surface area contributed by atoms with Gasteiger partial charge in [-0.15, -0.1) is 0 Å². The highest BCUT2D eigenvalue weighted by Gasteiger charge is 2.27. The molecule has 0 saturated carbocycles. The lowest BCUT2D eigenvalue weighted by Crippen LogP contribution is -2.49. The summed E-state index contributed by atoms with van der Waals surface area (Å²) in [5, 5.41) is 3.26. The lowest BCUT2D eigenvalue weighted by atomic mass is 10.1. The number of aryl methyl sites for hydroxylation is 1. The number of urea groups is 1. The predicted octanol–water partition coefficient (Wildman–Crippen LogP) is 2.75. The normalized spacial score (nSPS) is 15.1. The molecule has 7 heteroatoms. The molecular weight excluding hydrogens is 306 g/mol. The van der Waals surface area contributed by atoms with Crippen molar-refractivity contribution in [3.8, 4) is 11.3 Å². The van der Waals surface area contributed by atoms with E-state index >= 15 is 0 Å². The van der Waals surface area contributed by atoms with Crippen molar-refractivity contribution in [1.29, 1.82) is 0 Å². The second kappa shape index (κ2) is 5.81. The van der Waals surface area contributed by atoms with Crippen LogP contribution in [0.1, 0.15) is 18.0 Å². The Morgan fingerprint density at radius 3 is 2.73 bits per heavy atom. The molecule has 1 aromatic heterocycles. The summed E-state index contributed by atoms with van der Waals surface area (Å²) >= 11 is 5.87. The summed E-state index contributed by atoms with van der Waals surface area (Å²) in [4.78, 5) is 28.9. The van der Waals surface area contributed by atoms with Gasteiger partial charge in [-0.05, 0) is 31.2 Å². The molecule has 1 aliphatic heterocycles. The fourth-order valence-electron chi connectivity index (χ4n) is 2.30. The monoisotopic (exact) mass is 319 g/mol. The average molecular weight is 320 g/mol. The van der Waals surface area contributed by atoms with Crippen LogP contribution in [0, 0.1) is 6.92 Å². The number of carbonyl (C=O) groups is 2. The summed E-state index contributed by atoms with van der Waals surface area (Å²) in [5.74, 6) is 0.706. The van der Waals surface area contributed by atoms with Crippen molar-refractivity contribution in [2.75, 3.05) is 6.54 Å².